The Morgan fingerprint density at radius 2 is 1.61 bits per heavy atom. The molecule has 1 aromatic heterocycles. The lowest BCUT2D eigenvalue weighted by atomic mass is 10.0. The van der Waals surface area contributed by atoms with Crippen molar-refractivity contribution in [3.8, 4) is 0 Å². The minimum Gasteiger partial charge on any atom is -0.368 e. The monoisotopic (exact) mass is 393 g/mol. The molecular formula is C21H19N3O3S. The number of primary amides is 1. The van der Waals surface area contributed by atoms with E-state index in [2.05, 4.69) is 10.6 Å². The van der Waals surface area contributed by atoms with Gasteiger partial charge < -0.3 is 16.4 Å². The largest absolute Gasteiger partial charge is 0.368 e. The van der Waals surface area contributed by atoms with Crippen LogP contribution in [-0.4, -0.2) is 23.8 Å². The maximum absolute atomic E-state index is 12.5. The van der Waals surface area contributed by atoms with E-state index in [0.717, 1.165) is 5.56 Å². The molecular weight excluding hydrogens is 374 g/mol. The van der Waals surface area contributed by atoms with Crippen LogP contribution in [0.1, 0.15) is 25.6 Å². The molecule has 1 unspecified atom stereocenters. The molecule has 2 aromatic carbocycles. The van der Waals surface area contributed by atoms with Crippen LogP contribution >= 0.6 is 11.3 Å². The van der Waals surface area contributed by atoms with Crippen LogP contribution in [0.3, 0.4) is 0 Å². The Hall–Kier alpha value is -3.45. The molecule has 4 N–H and O–H groups in total. The van der Waals surface area contributed by atoms with E-state index >= 15 is 0 Å². The van der Waals surface area contributed by atoms with Crippen LogP contribution in [0.4, 0.5) is 5.69 Å². The summed E-state index contributed by atoms with van der Waals surface area (Å²) in [5, 5.41) is 7.26. The Balaban J connectivity index is 1.63. The fourth-order valence-corrected chi connectivity index (χ4v) is 3.24. The fraction of sp³-hybridized carbons (Fsp3) is 0.0952. The maximum atomic E-state index is 12.5. The highest BCUT2D eigenvalue weighted by molar-refractivity contribution is 7.12. The second-order valence-electron chi connectivity index (χ2n) is 6.13. The molecule has 0 saturated heterocycles. The second kappa shape index (κ2) is 8.96. The van der Waals surface area contributed by atoms with Crippen LogP contribution in [0.25, 0.3) is 0 Å². The highest BCUT2D eigenvalue weighted by Crippen LogP contribution is 2.14. The van der Waals surface area contributed by atoms with E-state index in [9.17, 15) is 14.4 Å². The van der Waals surface area contributed by atoms with Crippen molar-refractivity contribution < 1.29 is 14.4 Å². The van der Waals surface area contributed by atoms with Gasteiger partial charge in [-0.05, 0) is 41.3 Å². The summed E-state index contributed by atoms with van der Waals surface area (Å²) in [4.78, 5) is 36.8. The van der Waals surface area contributed by atoms with Crippen molar-refractivity contribution in [2.75, 3.05) is 5.32 Å². The van der Waals surface area contributed by atoms with Crippen LogP contribution in [0, 0.1) is 0 Å². The summed E-state index contributed by atoms with van der Waals surface area (Å²) in [5.74, 6) is -1.21. The maximum Gasteiger partial charge on any atom is 0.265 e. The summed E-state index contributed by atoms with van der Waals surface area (Å²) in [6.07, 6.45) is 0.316. The number of thiophene rings is 1. The Bertz CT molecular complexity index is 954. The first-order valence-electron chi connectivity index (χ1n) is 8.62. The summed E-state index contributed by atoms with van der Waals surface area (Å²) in [7, 11) is 0. The van der Waals surface area contributed by atoms with Crippen LogP contribution in [0.2, 0.25) is 0 Å². The van der Waals surface area contributed by atoms with Gasteiger partial charge in [-0.15, -0.1) is 11.3 Å². The van der Waals surface area contributed by atoms with Crippen molar-refractivity contribution in [1.82, 2.24) is 5.32 Å². The molecule has 0 saturated carbocycles. The smallest absolute Gasteiger partial charge is 0.265 e. The Morgan fingerprint density at radius 3 is 2.21 bits per heavy atom. The normalized spacial score (nSPS) is 11.4. The van der Waals surface area contributed by atoms with Crippen molar-refractivity contribution in [3.63, 3.8) is 0 Å². The molecule has 1 heterocycles. The third-order valence-corrected chi connectivity index (χ3v) is 4.95. The van der Waals surface area contributed by atoms with Gasteiger partial charge >= 0.3 is 0 Å². The van der Waals surface area contributed by atoms with Crippen LogP contribution in [-0.2, 0) is 11.2 Å². The molecule has 0 fully saturated rings. The number of amides is 3. The van der Waals surface area contributed by atoms with E-state index in [4.69, 9.17) is 5.73 Å². The second-order valence-corrected chi connectivity index (χ2v) is 7.07. The first kappa shape index (κ1) is 19.3. The predicted octanol–water partition coefficient (Wildman–Crippen LogP) is 2.83. The zero-order valence-electron chi connectivity index (χ0n) is 14.9. The quantitative estimate of drug-likeness (QED) is 0.575. The molecule has 28 heavy (non-hydrogen) atoms. The number of benzene rings is 2. The number of hydrogen-bond donors (Lipinski definition) is 3. The van der Waals surface area contributed by atoms with Gasteiger partial charge in [0.25, 0.3) is 11.8 Å². The van der Waals surface area contributed by atoms with Crippen molar-refractivity contribution in [3.05, 3.63) is 88.1 Å². The highest BCUT2D eigenvalue weighted by atomic mass is 32.1. The molecule has 7 heteroatoms. The average Bonchev–Trinajstić information content (AvgIpc) is 3.24. The topological polar surface area (TPSA) is 101 Å². The van der Waals surface area contributed by atoms with E-state index in [1.807, 2.05) is 35.7 Å². The van der Waals surface area contributed by atoms with Crippen LogP contribution in [0.5, 0.6) is 0 Å². The molecule has 0 aliphatic rings. The van der Waals surface area contributed by atoms with Gasteiger partial charge in [-0.1, -0.05) is 36.4 Å². The van der Waals surface area contributed by atoms with Crippen LogP contribution < -0.4 is 16.4 Å². The van der Waals surface area contributed by atoms with Crippen molar-refractivity contribution in [2.24, 2.45) is 5.73 Å². The zero-order chi connectivity index (χ0) is 19.9. The highest BCUT2D eigenvalue weighted by Gasteiger charge is 2.19. The molecule has 0 radical (unpaired) electrons. The number of hydrogen-bond acceptors (Lipinski definition) is 4. The molecule has 0 spiro atoms. The molecule has 1 atom stereocenters. The number of nitrogens with two attached hydrogens (primary N) is 1. The Morgan fingerprint density at radius 1 is 0.893 bits per heavy atom. The Kier molecular flexibility index (Phi) is 6.18. The van der Waals surface area contributed by atoms with Gasteiger partial charge in [0.15, 0.2) is 0 Å². The lowest BCUT2D eigenvalue weighted by Crippen LogP contribution is -2.45. The molecule has 0 aliphatic carbocycles. The number of rotatable bonds is 7. The lowest BCUT2D eigenvalue weighted by Gasteiger charge is -2.16. The zero-order valence-corrected chi connectivity index (χ0v) is 15.7. The summed E-state index contributed by atoms with van der Waals surface area (Å²) >= 11 is 1.35. The van der Waals surface area contributed by atoms with Gasteiger partial charge in [0.2, 0.25) is 5.91 Å². The van der Waals surface area contributed by atoms with E-state index in [0.29, 0.717) is 22.5 Å². The van der Waals surface area contributed by atoms with E-state index in [1.165, 1.54) is 11.3 Å². The third kappa shape index (κ3) is 5.05. The van der Waals surface area contributed by atoms with Gasteiger partial charge in [-0.3, -0.25) is 14.4 Å². The molecule has 3 aromatic rings. The Labute approximate surface area is 166 Å². The van der Waals surface area contributed by atoms with Crippen molar-refractivity contribution in [1.29, 1.82) is 0 Å². The minimum atomic E-state index is -0.812. The van der Waals surface area contributed by atoms with Gasteiger partial charge in [0.1, 0.15) is 6.04 Å². The summed E-state index contributed by atoms with van der Waals surface area (Å²) in [5.41, 5.74) is 7.28. The number of anilines is 1. The first-order chi connectivity index (χ1) is 13.5. The lowest BCUT2D eigenvalue weighted by molar-refractivity contribution is -0.119. The molecule has 0 bridgehead atoms. The summed E-state index contributed by atoms with van der Waals surface area (Å²) in [6, 6.07) is 18.5. The summed E-state index contributed by atoms with van der Waals surface area (Å²) in [6.45, 7) is 0. The minimum absolute atomic E-state index is 0.205. The van der Waals surface area contributed by atoms with Gasteiger partial charge in [0.05, 0.1) is 4.88 Å². The molecule has 142 valence electrons. The van der Waals surface area contributed by atoms with E-state index < -0.39 is 17.9 Å². The standard InChI is InChI=1S/C21H19N3O3S/c22-19(25)17(13-14-5-2-1-3-6-14)24-20(26)15-8-10-16(11-9-15)23-21(27)18-7-4-12-28-18/h1-12,17H,13H2,(H2,22,25)(H,23,27)(H,24,26). The molecule has 0 aliphatic heterocycles. The van der Waals surface area contributed by atoms with E-state index in [1.54, 1.807) is 36.4 Å². The van der Waals surface area contributed by atoms with Crippen molar-refractivity contribution in [2.45, 2.75) is 12.5 Å². The average molecular weight is 393 g/mol. The van der Waals surface area contributed by atoms with E-state index in [-0.39, 0.29) is 5.91 Å². The van der Waals surface area contributed by atoms with Crippen molar-refractivity contribution >= 4 is 34.7 Å². The fourth-order valence-electron chi connectivity index (χ4n) is 2.62. The SMILES string of the molecule is NC(=O)C(Cc1ccccc1)NC(=O)c1ccc(NC(=O)c2cccs2)cc1. The molecule has 6 nitrogen and oxygen atoms in total. The predicted molar refractivity (Wildman–Crippen MR) is 109 cm³/mol. The van der Waals surface area contributed by atoms with Gasteiger partial charge in [0, 0.05) is 17.7 Å². The number of nitrogens with one attached hydrogen (secondary N) is 2. The van der Waals surface area contributed by atoms with Crippen LogP contribution in [0.15, 0.2) is 72.1 Å². The molecule has 3 amide bonds. The number of carbonyl (C=O) groups excluding carboxylic acids is 3. The summed E-state index contributed by atoms with van der Waals surface area (Å²) < 4.78 is 0. The third-order valence-electron chi connectivity index (χ3n) is 4.08. The van der Waals surface area contributed by atoms with Gasteiger partial charge in [-0.25, -0.2) is 0 Å². The first-order valence-corrected chi connectivity index (χ1v) is 9.50. The number of carbonyl (C=O) groups is 3. The molecule has 3 rings (SSSR count). The van der Waals surface area contributed by atoms with Gasteiger partial charge in [-0.2, -0.15) is 0 Å².